The number of hydrogen-bond acceptors (Lipinski definition) is 3. The van der Waals surface area contributed by atoms with Crippen molar-refractivity contribution in [1.82, 2.24) is 4.90 Å². The molecule has 0 unspecified atom stereocenters. The quantitative estimate of drug-likeness (QED) is 0.808. The van der Waals surface area contributed by atoms with Gasteiger partial charge in [-0.05, 0) is 43.0 Å². The van der Waals surface area contributed by atoms with E-state index in [2.05, 4.69) is 0 Å². The van der Waals surface area contributed by atoms with Gasteiger partial charge in [-0.2, -0.15) is 0 Å². The van der Waals surface area contributed by atoms with Crippen LogP contribution >= 0.6 is 0 Å². The minimum Gasteiger partial charge on any atom is -0.497 e. The average Bonchev–Trinajstić information content (AvgIpc) is 2.59. The van der Waals surface area contributed by atoms with Gasteiger partial charge in [0.15, 0.2) is 0 Å². The van der Waals surface area contributed by atoms with Crippen LogP contribution in [0.2, 0.25) is 0 Å². The van der Waals surface area contributed by atoms with Gasteiger partial charge in [0, 0.05) is 19.5 Å². The second kappa shape index (κ2) is 8.06. The molecule has 2 rings (SSSR count). The third kappa shape index (κ3) is 4.15. The molecule has 1 aromatic carbocycles. The molecule has 0 saturated heterocycles. The zero-order chi connectivity index (χ0) is 15.9. The van der Waals surface area contributed by atoms with E-state index < -0.39 is 0 Å². The van der Waals surface area contributed by atoms with E-state index in [1.807, 2.05) is 30.1 Å². The van der Waals surface area contributed by atoms with Crippen LogP contribution in [-0.2, 0) is 11.2 Å². The van der Waals surface area contributed by atoms with Crippen LogP contribution in [-0.4, -0.2) is 38.1 Å². The van der Waals surface area contributed by atoms with E-state index in [1.165, 1.54) is 19.3 Å². The largest absolute Gasteiger partial charge is 0.497 e. The zero-order valence-electron chi connectivity index (χ0n) is 13.9. The molecule has 1 aliphatic carbocycles. The van der Waals surface area contributed by atoms with E-state index in [-0.39, 0.29) is 5.91 Å². The van der Waals surface area contributed by atoms with Crippen LogP contribution in [0.3, 0.4) is 0 Å². The molecule has 0 heterocycles. The number of rotatable bonds is 6. The lowest BCUT2D eigenvalue weighted by Crippen LogP contribution is -2.38. The van der Waals surface area contributed by atoms with E-state index in [9.17, 15) is 4.79 Å². The molecule has 0 bridgehead atoms. The van der Waals surface area contributed by atoms with Gasteiger partial charge in [-0.25, -0.2) is 0 Å². The van der Waals surface area contributed by atoms with E-state index in [1.54, 1.807) is 14.2 Å². The normalized spacial score (nSPS) is 15.4. The van der Waals surface area contributed by atoms with E-state index >= 15 is 0 Å². The summed E-state index contributed by atoms with van der Waals surface area (Å²) in [6, 6.07) is 6.14. The first kappa shape index (κ1) is 16.7. The Morgan fingerprint density at radius 1 is 1.18 bits per heavy atom. The average molecular weight is 305 g/mol. The number of aryl methyl sites for hydroxylation is 1. The molecule has 0 radical (unpaired) electrons. The fraction of sp³-hybridized carbons (Fsp3) is 0.611. The lowest BCUT2D eigenvalue weighted by atomic mass is 9.94. The zero-order valence-corrected chi connectivity index (χ0v) is 13.9. The smallest absolute Gasteiger partial charge is 0.222 e. The molecular formula is C18H27NO3. The first-order valence-corrected chi connectivity index (χ1v) is 8.12. The van der Waals surface area contributed by atoms with Gasteiger partial charge in [-0.15, -0.1) is 0 Å². The van der Waals surface area contributed by atoms with Crippen LogP contribution in [0.4, 0.5) is 0 Å². The summed E-state index contributed by atoms with van der Waals surface area (Å²) in [5.41, 5.74) is 1.02. The summed E-state index contributed by atoms with van der Waals surface area (Å²) >= 11 is 0. The number of carbonyl (C=O) groups excluding carboxylic acids is 1. The Morgan fingerprint density at radius 3 is 2.55 bits per heavy atom. The predicted octanol–water partition coefficient (Wildman–Crippen LogP) is 3.43. The third-order valence-electron chi connectivity index (χ3n) is 4.61. The second-order valence-electron chi connectivity index (χ2n) is 5.97. The van der Waals surface area contributed by atoms with E-state index in [0.717, 1.165) is 29.9 Å². The van der Waals surface area contributed by atoms with Crippen molar-refractivity contribution < 1.29 is 14.3 Å². The number of benzene rings is 1. The Labute approximate surface area is 133 Å². The van der Waals surface area contributed by atoms with Crippen LogP contribution in [0.15, 0.2) is 18.2 Å². The van der Waals surface area contributed by atoms with Crippen molar-refractivity contribution in [2.24, 2.45) is 0 Å². The summed E-state index contributed by atoms with van der Waals surface area (Å²) in [5, 5.41) is 0. The minimum absolute atomic E-state index is 0.219. The van der Waals surface area contributed by atoms with Gasteiger partial charge in [0.25, 0.3) is 0 Å². The van der Waals surface area contributed by atoms with Gasteiger partial charge < -0.3 is 14.4 Å². The Morgan fingerprint density at radius 2 is 1.91 bits per heavy atom. The molecule has 1 fully saturated rings. The summed E-state index contributed by atoms with van der Waals surface area (Å²) in [5.74, 6) is 1.83. The van der Waals surface area contributed by atoms with Gasteiger partial charge in [-0.3, -0.25) is 4.79 Å². The van der Waals surface area contributed by atoms with Crippen molar-refractivity contribution in [2.45, 2.75) is 51.0 Å². The summed E-state index contributed by atoms with van der Waals surface area (Å²) in [6.45, 7) is 0. The number of nitrogens with zero attached hydrogens (tertiary/aromatic N) is 1. The van der Waals surface area contributed by atoms with Crippen molar-refractivity contribution in [3.63, 3.8) is 0 Å². The van der Waals surface area contributed by atoms with Crippen LogP contribution in [0.5, 0.6) is 11.5 Å². The molecule has 1 aromatic rings. The highest BCUT2D eigenvalue weighted by Crippen LogP contribution is 2.26. The minimum atomic E-state index is 0.219. The highest BCUT2D eigenvalue weighted by atomic mass is 16.5. The number of ether oxygens (including phenoxy) is 2. The molecule has 1 aliphatic rings. The summed E-state index contributed by atoms with van der Waals surface area (Å²) in [4.78, 5) is 14.4. The maximum atomic E-state index is 12.4. The fourth-order valence-corrected chi connectivity index (χ4v) is 3.17. The van der Waals surface area contributed by atoms with E-state index in [0.29, 0.717) is 18.9 Å². The molecule has 0 aliphatic heterocycles. The first-order valence-electron chi connectivity index (χ1n) is 8.12. The van der Waals surface area contributed by atoms with Gasteiger partial charge in [0.2, 0.25) is 5.91 Å². The molecule has 122 valence electrons. The highest BCUT2D eigenvalue weighted by molar-refractivity contribution is 5.76. The first-order chi connectivity index (χ1) is 10.7. The Kier molecular flexibility index (Phi) is 6.10. The Hall–Kier alpha value is -1.71. The van der Waals surface area contributed by atoms with Gasteiger partial charge in [0.1, 0.15) is 11.5 Å². The van der Waals surface area contributed by atoms with Crippen LogP contribution < -0.4 is 9.47 Å². The summed E-state index contributed by atoms with van der Waals surface area (Å²) in [7, 11) is 5.25. The van der Waals surface area contributed by atoms with Crippen molar-refractivity contribution in [3.05, 3.63) is 23.8 Å². The number of hydrogen-bond donors (Lipinski definition) is 0. The molecule has 4 heteroatoms. The standard InChI is InChI=1S/C18H27NO3/c1-19(15-7-5-4-6-8-15)18(20)12-9-14-13-16(21-2)10-11-17(14)22-3/h10-11,13,15H,4-9,12H2,1-3H3. The predicted molar refractivity (Wildman–Crippen MR) is 87.5 cm³/mol. The van der Waals surface area contributed by atoms with Crippen LogP contribution in [0.25, 0.3) is 0 Å². The van der Waals surface area contributed by atoms with Gasteiger partial charge >= 0.3 is 0 Å². The molecule has 0 aromatic heterocycles. The van der Waals surface area contributed by atoms with Crippen molar-refractivity contribution in [3.8, 4) is 11.5 Å². The molecule has 0 N–H and O–H groups in total. The molecule has 4 nitrogen and oxygen atoms in total. The van der Waals surface area contributed by atoms with E-state index in [4.69, 9.17) is 9.47 Å². The molecule has 0 atom stereocenters. The number of amides is 1. The highest BCUT2D eigenvalue weighted by Gasteiger charge is 2.22. The molecular weight excluding hydrogens is 278 g/mol. The lowest BCUT2D eigenvalue weighted by Gasteiger charge is -2.31. The second-order valence-corrected chi connectivity index (χ2v) is 5.97. The van der Waals surface area contributed by atoms with Gasteiger partial charge in [-0.1, -0.05) is 19.3 Å². The number of carbonyl (C=O) groups is 1. The summed E-state index contributed by atoms with van der Waals surface area (Å²) < 4.78 is 10.6. The lowest BCUT2D eigenvalue weighted by molar-refractivity contribution is -0.132. The van der Waals surface area contributed by atoms with Crippen molar-refractivity contribution in [2.75, 3.05) is 21.3 Å². The van der Waals surface area contributed by atoms with Gasteiger partial charge in [0.05, 0.1) is 14.2 Å². The monoisotopic (exact) mass is 305 g/mol. The van der Waals surface area contributed by atoms with Crippen molar-refractivity contribution >= 4 is 5.91 Å². The molecule has 1 amide bonds. The Bertz CT molecular complexity index is 495. The molecule has 0 spiro atoms. The topological polar surface area (TPSA) is 38.8 Å². The fourth-order valence-electron chi connectivity index (χ4n) is 3.17. The van der Waals surface area contributed by atoms with Crippen LogP contribution in [0, 0.1) is 0 Å². The number of methoxy groups -OCH3 is 2. The Balaban J connectivity index is 1.95. The SMILES string of the molecule is COc1ccc(OC)c(CCC(=O)N(C)C2CCCCC2)c1. The maximum absolute atomic E-state index is 12.4. The van der Waals surface area contributed by atoms with Crippen molar-refractivity contribution in [1.29, 1.82) is 0 Å². The van der Waals surface area contributed by atoms with Crippen LogP contribution in [0.1, 0.15) is 44.1 Å². The summed E-state index contributed by atoms with van der Waals surface area (Å²) in [6.07, 6.45) is 7.26. The molecule has 1 saturated carbocycles. The third-order valence-corrected chi connectivity index (χ3v) is 4.61. The maximum Gasteiger partial charge on any atom is 0.222 e. The molecule has 22 heavy (non-hydrogen) atoms.